The minimum absolute atomic E-state index is 0.150. The SMILES string of the molecule is NCc1ccc(-c2noc(CN3CCCC3=O)n2)cc1. The maximum absolute atomic E-state index is 11.6. The molecule has 0 radical (unpaired) electrons. The molecule has 20 heavy (non-hydrogen) atoms. The first-order valence-corrected chi connectivity index (χ1v) is 6.66. The number of carbonyl (C=O) groups excluding carboxylic acids is 1. The number of amides is 1. The van der Waals surface area contributed by atoms with E-state index in [9.17, 15) is 4.79 Å². The number of carbonyl (C=O) groups is 1. The summed E-state index contributed by atoms with van der Waals surface area (Å²) in [5.74, 6) is 1.16. The molecule has 104 valence electrons. The van der Waals surface area contributed by atoms with Crippen molar-refractivity contribution in [3.05, 3.63) is 35.7 Å². The van der Waals surface area contributed by atoms with Crippen LogP contribution in [0.15, 0.2) is 28.8 Å². The maximum Gasteiger partial charge on any atom is 0.246 e. The second-order valence-corrected chi connectivity index (χ2v) is 4.83. The van der Waals surface area contributed by atoms with Gasteiger partial charge in [0.2, 0.25) is 17.6 Å². The molecule has 0 saturated carbocycles. The van der Waals surface area contributed by atoms with Crippen molar-refractivity contribution >= 4 is 5.91 Å². The Labute approximate surface area is 116 Å². The zero-order valence-electron chi connectivity index (χ0n) is 11.1. The number of aromatic nitrogens is 2. The Balaban J connectivity index is 1.73. The average Bonchev–Trinajstić information content (AvgIpc) is 3.10. The second-order valence-electron chi connectivity index (χ2n) is 4.83. The van der Waals surface area contributed by atoms with Gasteiger partial charge in [0, 0.05) is 25.1 Å². The predicted octanol–water partition coefficient (Wildman–Crippen LogP) is 1.32. The molecular formula is C14H16N4O2. The van der Waals surface area contributed by atoms with Crippen molar-refractivity contribution in [3.8, 4) is 11.4 Å². The number of hydrogen-bond donors (Lipinski definition) is 1. The van der Waals surface area contributed by atoms with Gasteiger partial charge in [0.15, 0.2) is 0 Å². The van der Waals surface area contributed by atoms with Gasteiger partial charge in [-0.3, -0.25) is 4.79 Å². The van der Waals surface area contributed by atoms with Crippen LogP contribution in [0.25, 0.3) is 11.4 Å². The van der Waals surface area contributed by atoms with Crippen LogP contribution in [0.2, 0.25) is 0 Å². The van der Waals surface area contributed by atoms with E-state index in [1.165, 1.54) is 0 Å². The van der Waals surface area contributed by atoms with E-state index < -0.39 is 0 Å². The van der Waals surface area contributed by atoms with Crippen LogP contribution in [0.4, 0.5) is 0 Å². The molecule has 0 spiro atoms. The fourth-order valence-corrected chi connectivity index (χ4v) is 2.26. The van der Waals surface area contributed by atoms with Gasteiger partial charge in [0.25, 0.3) is 0 Å². The highest BCUT2D eigenvalue weighted by atomic mass is 16.5. The Hall–Kier alpha value is -2.21. The summed E-state index contributed by atoms with van der Waals surface area (Å²) in [6, 6.07) is 7.71. The fraction of sp³-hybridized carbons (Fsp3) is 0.357. The lowest BCUT2D eigenvalue weighted by atomic mass is 10.1. The molecule has 6 heteroatoms. The summed E-state index contributed by atoms with van der Waals surface area (Å²) < 4.78 is 5.21. The van der Waals surface area contributed by atoms with Gasteiger partial charge in [-0.05, 0) is 12.0 Å². The topological polar surface area (TPSA) is 85.2 Å². The standard InChI is InChI=1S/C14H16N4O2/c15-8-10-3-5-11(6-4-10)14-16-12(20-17-14)9-18-7-1-2-13(18)19/h3-6H,1-2,7-9,15H2. The minimum atomic E-state index is 0.150. The molecule has 1 amide bonds. The number of likely N-dealkylation sites (tertiary alicyclic amines) is 1. The molecular weight excluding hydrogens is 256 g/mol. The molecule has 1 aliphatic rings. The van der Waals surface area contributed by atoms with Crippen molar-refractivity contribution in [2.45, 2.75) is 25.9 Å². The molecule has 6 nitrogen and oxygen atoms in total. The molecule has 1 aromatic carbocycles. The summed E-state index contributed by atoms with van der Waals surface area (Å²) >= 11 is 0. The number of hydrogen-bond acceptors (Lipinski definition) is 5. The first-order chi connectivity index (χ1) is 9.76. The van der Waals surface area contributed by atoms with Crippen LogP contribution in [0, 0.1) is 0 Å². The van der Waals surface area contributed by atoms with Crippen molar-refractivity contribution in [2.24, 2.45) is 5.73 Å². The molecule has 2 N–H and O–H groups in total. The van der Waals surface area contributed by atoms with Crippen LogP contribution >= 0.6 is 0 Å². The van der Waals surface area contributed by atoms with Gasteiger partial charge in [0.05, 0.1) is 6.54 Å². The summed E-state index contributed by atoms with van der Waals surface area (Å²) in [6.07, 6.45) is 1.52. The quantitative estimate of drug-likeness (QED) is 0.907. The zero-order chi connectivity index (χ0) is 13.9. The molecule has 1 aromatic heterocycles. The molecule has 0 aliphatic carbocycles. The molecule has 0 bridgehead atoms. The van der Waals surface area contributed by atoms with E-state index in [2.05, 4.69) is 10.1 Å². The van der Waals surface area contributed by atoms with Crippen LogP contribution in [0.1, 0.15) is 24.3 Å². The van der Waals surface area contributed by atoms with Gasteiger partial charge >= 0.3 is 0 Å². The Morgan fingerprint density at radius 2 is 2.10 bits per heavy atom. The highest BCUT2D eigenvalue weighted by Gasteiger charge is 2.22. The Kier molecular flexibility index (Phi) is 3.47. The third-order valence-electron chi connectivity index (χ3n) is 3.41. The van der Waals surface area contributed by atoms with E-state index in [4.69, 9.17) is 10.3 Å². The van der Waals surface area contributed by atoms with E-state index in [1.807, 2.05) is 24.3 Å². The Morgan fingerprint density at radius 3 is 2.75 bits per heavy atom. The van der Waals surface area contributed by atoms with Crippen molar-refractivity contribution in [2.75, 3.05) is 6.54 Å². The van der Waals surface area contributed by atoms with Crippen LogP contribution in [-0.2, 0) is 17.9 Å². The summed E-state index contributed by atoms with van der Waals surface area (Å²) in [4.78, 5) is 17.6. The summed E-state index contributed by atoms with van der Waals surface area (Å²) in [5.41, 5.74) is 7.50. The molecule has 2 heterocycles. The summed E-state index contributed by atoms with van der Waals surface area (Å²) in [7, 11) is 0. The van der Waals surface area contributed by atoms with Crippen molar-refractivity contribution in [3.63, 3.8) is 0 Å². The molecule has 2 aromatic rings. The number of rotatable bonds is 4. The lowest BCUT2D eigenvalue weighted by Gasteiger charge is -2.11. The summed E-state index contributed by atoms with van der Waals surface area (Å²) in [5, 5.41) is 3.95. The molecule has 1 saturated heterocycles. The Bertz CT molecular complexity index is 606. The first kappa shape index (κ1) is 12.8. The molecule has 3 rings (SSSR count). The van der Waals surface area contributed by atoms with Crippen LogP contribution in [0.3, 0.4) is 0 Å². The average molecular weight is 272 g/mol. The van der Waals surface area contributed by atoms with Crippen molar-refractivity contribution in [1.82, 2.24) is 15.0 Å². The van der Waals surface area contributed by atoms with Crippen molar-refractivity contribution < 1.29 is 9.32 Å². The predicted molar refractivity (Wildman–Crippen MR) is 72.3 cm³/mol. The third kappa shape index (κ3) is 2.55. The second kappa shape index (κ2) is 5.42. The molecule has 0 unspecified atom stereocenters. The van der Waals surface area contributed by atoms with E-state index in [0.717, 1.165) is 24.1 Å². The number of nitrogens with zero attached hydrogens (tertiary/aromatic N) is 3. The van der Waals surface area contributed by atoms with Crippen molar-refractivity contribution in [1.29, 1.82) is 0 Å². The molecule has 0 atom stereocenters. The van der Waals surface area contributed by atoms with E-state index in [0.29, 0.717) is 31.2 Å². The maximum atomic E-state index is 11.6. The fourth-order valence-electron chi connectivity index (χ4n) is 2.26. The van der Waals surface area contributed by atoms with Gasteiger partial charge in [-0.25, -0.2) is 0 Å². The number of nitrogens with two attached hydrogens (primary N) is 1. The highest BCUT2D eigenvalue weighted by Crippen LogP contribution is 2.18. The van der Waals surface area contributed by atoms with Crippen LogP contribution in [-0.4, -0.2) is 27.5 Å². The third-order valence-corrected chi connectivity index (χ3v) is 3.41. The van der Waals surface area contributed by atoms with E-state index in [-0.39, 0.29) is 5.91 Å². The smallest absolute Gasteiger partial charge is 0.246 e. The summed E-state index contributed by atoms with van der Waals surface area (Å²) in [6.45, 7) is 1.67. The lowest BCUT2D eigenvalue weighted by Crippen LogP contribution is -2.23. The highest BCUT2D eigenvalue weighted by molar-refractivity contribution is 5.77. The normalized spacial score (nSPS) is 15.1. The van der Waals surface area contributed by atoms with E-state index >= 15 is 0 Å². The first-order valence-electron chi connectivity index (χ1n) is 6.66. The minimum Gasteiger partial charge on any atom is -0.337 e. The molecule has 1 aliphatic heterocycles. The van der Waals surface area contributed by atoms with Gasteiger partial charge in [-0.1, -0.05) is 29.4 Å². The molecule has 1 fully saturated rings. The van der Waals surface area contributed by atoms with E-state index in [1.54, 1.807) is 4.90 Å². The number of benzene rings is 1. The zero-order valence-corrected chi connectivity index (χ0v) is 11.1. The van der Waals surface area contributed by atoms with Gasteiger partial charge in [-0.2, -0.15) is 4.98 Å². The largest absolute Gasteiger partial charge is 0.337 e. The van der Waals surface area contributed by atoms with Crippen LogP contribution < -0.4 is 5.73 Å². The Morgan fingerprint density at radius 1 is 1.30 bits per heavy atom. The lowest BCUT2D eigenvalue weighted by molar-refractivity contribution is -0.128. The van der Waals surface area contributed by atoms with Gasteiger partial charge < -0.3 is 15.2 Å². The van der Waals surface area contributed by atoms with Crippen LogP contribution in [0.5, 0.6) is 0 Å². The van der Waals surface area contributed by atoms with Gasteiger partial charge in [-0.15, -0.1) is 0 Å². The monoisotopic (exact) mass is 272 g/mol. The van der Waals surface area contributed by atoms with Gasteiger partial charge in [0.1, 0.15) is 0 Å².